The molecule has 1 heterocycles. The number of para-hydroxylation sites is 1. The summed E-state index contributed by atoms with van der Waals surface area (Å²) in [7, 11) is 0. The highest BCUT2D eigenvalue weighted by Crippen LogP contribution is 2.29. The van der Waals surface area contributed by atoms with Gasteiger partial charge in [-0.25, -0.2) is 4.98 Å². The third kappa shape index (κ3) is 4.04. The van der Waals surface area contributed by atoms with Gasteiger partial charge in [0.15, 0.2) is 5.13 Å². The predicted molar refractivity (Wildman–Crippen MR) is 102 cm³/mol. The van der Waals surface area contributed by atoms with E-state index in [1.165, 1.54) is 29.5 Å². The van der Waals surface area contributed by atoms with E-state index >= 15 is 0 Å². The van der Waals surface area contributed by atoms with Gasteiger partial charge in [-0.15, -0.1) is 0 Å². The van der Waals surface area contributed by atoms with Crippen LogP contribution in [0.2, 0.25) is 0 Å². The highest BCUT2D eigenvalue weighted by molar-refractivity contribution is 7.22. The summed E-state index contributed by atoms with van der Waals surface area (Å²) in [5.41, 5.74) is 1.39. The fourth-order valence-electron chi connectivity index (χ4n) is 2.30. The number of aromatic nitrogens is 1. The number of rotatable bonds is 6. The summed E-state index contributed by atoms with van der Waals surface area (Å²) < 4.78 is 6.15. The summed E-state index contributed by atoms with van der Waals surface area (Å²) in [6.07, 6.45) is 3.06. The SMILES string of the molecule is CCOc1ccccc1/C=C/C(=O)Nc1nc2ccc([N+](=O)[O-])cc2s1. The molecule has 0 aliphatic rings. The maximum atomic E-state index is 12.1. The van der Waals surface area contributed by atoms with Crippen molar-refractivity contribution in [1.82, 2.24) is 4.98 Å². The Bertz CT molecular complexity index is 997. The monoisotopic (exact) mass is 369 g/mol. The number of fused-ring (bicyclic) bond motifs is 1. The summed E-state index contributed by atoms with van der Waals surface area (Å²) >= 11 is 1.18. The number of anilines is 1. The zero-order chi connectivity index (χ0) is 18.5. The lowest BCUT2D eigenvalue weighted by atomic mass is 10.2. The standard InChI is InChI=1S/C18H15N3O4S/c1-2-25-15-6-4-3-5-12(15)7-10-17(22)20-18-19-14-9-8-13(21(23)24)11-16(14)26-18/h3-11H,2H2,1H3,(H,19,20,22)/b10-7+. The molecule has 0 fully saturated rings. The summed E-state index contributed by atoms with van der Waals surface area (Å²) in [4.78, 5) is 26.7. The molecular weight excluding hydrogens is 354 g/mol. The lowest BCUT2D eigenvalue weighted by Crippen LogP contribution is -2.07. The first-order chi connectivity index (χ1) is 12.6. The first kappa shape index (κ1) is 17.6. The number of nitrogens with zero attached hydrogens (tertiary/aromatic N) is 2. The lowest BCUT2D eigenvalue weighted by Gasteiger charge is -2.06. The van der Waals surface area contributed by atoms with Gasteiger partial charge in [-0.1, -0.05) is 29.5 Å². The molecule has 26 heavy (non-hydrogen) atoms. The molecule has 3 rings (SSSR count). The average Bonchev–Trinajstić information content (AvgIpc) is 3.02. The molecule has 0 bridgehead atoms. The molecule has 1 aromatic heterocycles. The van der Waals surface area contributed by atoms with Gasteiger partial charge in [-0.05, 0) is 25.1 Å². The number of hydrogen-bond acceptors (Lipinski definition) is 6. The van der Waals surface area contributed by atoms with E-state index in [0.29, 0.717) is 27.7 Å². The molecular formula is C18H15N3O4S. The predicted octanol–water partition coefficient (Wildman–Crippen LogP) is 4.26. The summed E-state index contributed by atoms with van der Waals surface area (Å²) in [5.74, 6) is 0.358. The third-order valence-electron chi connectivity index (χ3n) is 3.45. The molecule has 8 heteroatoms. The van der Waals surface area contributed by atoms with E-state index < -0.39 is 4.92 Å². The molecule has 132 valence electrons. The quantitative estimate of drug-likeness (QED) is 0.398. The Balaban J connectivity index is 1.74. The zero-order valence-corrected chi connectivity index (χ0v) is 14.7. The maximum Gasteiger partial charge on any atom is 0.270 e. The van der Waals surface area contributed by atoms with Crippen LogP contribution < -0.4 is 10.1 Å². The maximum absolute atomic E-state index is 12.1. The molecule has 0 saturated carbocycles. The number of carbonyl (C=O) groups is 1. The number of amides is 1. The highest BCUT2D eigenvalue weighted by atomic mass is 32.1. The fraction of sp³-hybridized carbons (Fsp3) is 0.111. The first-order valence-electron chi connectivity index (χ1n) is 7.82. The van der Waals surface area contributed by atoms with Crippen molar-refractivity contribution in [2.45, 2.75) is 6.92 Å². The summed E-state index contributed by atoms with van der Waals surface area (Å²) in [6, 6.07) is 11.8. The van der Waals surface area contributed by atoms with E-state index in [0.717, 1.165) is 5.56 Å². The van der Waals surface area contributed by atoms with Crippen LogP contribution in [0.1, 0.15) is 12.5 Å². The normalized spacial score (nSPS) is 11.0. The van der Waals surface area contributed by atoms with Crippen molar-refractivity contribution in [3.63, 3.8) is 0 Å². The van der Waals surface area contributed by atoms with Crippen molar-refractivity contribution < 1.29 is 14.5 Å². The second-order valence-electron chi connectivity index (χ2n) is 5.22. The Kier molecular flexibility index (Phi) is 5.23. The van der Waals surface area contributed by atoms with E-state index in [9.17, 15) is 14.9 Å². The minimum atomic E-state index is -0.462. The van der Waals surface area contributed by atoms with Crippen LogP contribution in [0.4, 0.5) is 10.8 Å². The van der Waals surface area contributed by atoms with Crippen molar-refractivity contribution in [3.05, 3.63) is 64.2 Å². The number of hydrogen-bond donors (Lipinski definition) is 1. The lowest BCUT2D eigenvalue weighted by molar-refractivity contribution is -0.384. The van der Waals surface area contributed by atoms with E-state index in [2.05, 4.69) is 10.3 Å². The van der Waals surface area contributed by atoms with E-state index in [4.69, 9.17) is 4.74 Å². The fourth-order valence-corrected chi connectivity index (χ4v) is 3.20. The minimum Gasteiger partial charge on any atom is -0.493 e. The van der Waals surface area contributed by atoms with E-state index in [1.54, 1.807) is 12.1 Å². The Hall–Kier alpha value is -3.26. The topological polar surface area (TPSA) is 94.4 Å². The van der Waals surface area contributed by atoms with Gasteiger partial charge in [-0.3, -0.25) is 20.2 Å². The van der Waals surface area contributed by atoms with Crippen molar-refractivity contribution in [1.29, 1.82) is 0 Å². The van der Waals surface area contributed by atoms with Crippen molar-refractivity contribution >= 4 is 44.4 Å². The van der Waals surface area contributed by atoms with Gasteiger partial charge in [0.25, 0.3) is 5.69 Å². The van der Waals surface area contributed by atoms with Gasteiger partial charge in [0.05, 0.1) is 21.7 Å². The molecule has 7 nitrogen and oxygen atoms in total. The van der Waals surface area contributed by atoms with Crippen LogP contribution in [0.5, 0.6) is 5.75 Å². The van der Waals surface area contributed by atoms with E-state index in [1.807, 2.05) is 31.2 Å². The van der Waals surface area contributed by atoms with Crippen LogP contribution in [0, 0.1) is 10.1 Å². The smallest absolute Gasteiger partial charge is 0.270 e. The molecule has 3 aromatic rings. The number of carbonyl (C=O) groups excluding carboxylic acids is 1. The number of nitrogens with one attached hydrogen (secondary N) is 1. The van der Waals surface area contributed by atoms with Crippen LogP contribution in [0.15, 0.2) is 48.5 Å². The Morgan fingerprint density at radius 3 is 2.92 bits per heavy atom. The number of ether oxygens (including phenoxy) is 1. The van der Waals surface area contributed by atoms with Gasteiger partial charge < -0.3 is 4.74 Å². The first-order valence-corrected chi connectivity index (χ1v) is 8.64. The Labute approximate surface area is 153 Å². The van der Waals surface area contributed by atoms with Gasteiger partial charge in [0.1, 0.15) is 5.75 Å². The summed E-state index contributed by atoms with van der Waals surface area (Å²) in [6.45, 7) is 2.43. The van der Waals surface area contributed by atoms with Gasteiger partial charge in [0.2, 0.25) is 5.91 Å². The number of thiazole rings is 1. The van der Waals surface area contributed by atoms with Crippen molar-refractivity contribution in [2.24, 2.45) is 0 Å². The second-order valence-corrected chi connectivity index (χ2v) is 6.25. The number of non-ortho nitro benzene ring substituents is 1. The molecule has 1 amide bonds. The Morgan fingerprint density at radius 1 is 1.35 bits per heavy atom. The third-order valence-corrected chi connectivity index (χ3v) is 4.38. The molecule has 0 saturated heterocycles. The van der Waals surface area contributed by atoms with Gasteiger partial charge in [0, 0.05) is 23.8 Å². The largest absolute Gasteiger partial charge is 0.493 e. The molecule has 0 aliphatic carbocycles. The summed E-state index contributed by atoms with van der Waals surface area (Å²) in [5, 5.41) is 13.9. The van der Waals surface area contributed by atoms with Crippen LogP contribution in [0.25, 0.3) is 16.3 Å². The second kappa shape index (κ2) is 7.75. The van der Waals surface area contributed by atoms with Crippen LogP contribution >= 0.6 is 11.3 Å². The molecule has 0 unspecified atom stereocenters. The Morgan fingerprint density at radius 2 is 2.15 bits per heavy atom. The molecule has 0 spiro atoms. The van der Waals surface area contributed by atoms with Crippen LogP contribution in [0.3, 0.4) is 0 Å². The molecule has 0 radical (unpaired) electrons. The van der Waals surface area contributed by atoms with Crippen molar-refractivity contribution in [2.75, 3.05) is 11.9 Å². The van der Waals surface area contributed by atoms with Crippen LogP contribution in [-0.4, -0.2) is 22.4 Å². The molecule has 0 atom stereocenters. The minimum absolute atomic E-state index is 0.00791. The average molecular weight is 369 g/mol. The van der Waals surface area contributed by atoms with Gasteiger partial charge >= 0.3 is 0 Å². The zero-order valence-electron chi connectivity index (χ0n) is 13.8. The van der Waals surface area contributed by atoms with E-state index in [-0.39, 0.29) is 11.6 Å². The number of benzene rings is 2. The molecule has 2 aromatic carbocycles. The molecule has 0 aliphatic heterocycles. The number of nitro groups is 1. The number of nitro benzene ring substituents is 1. The van der Waals surface area contributed by atoms with Crippen molar-refractivity contribution in [3.8, 4) is 5.75 Å². The highest BCUT2D eigenvalue weighted by Gasteiger charge is 2.11. The van der Waals surface area contributed by atoms with Crippen LogP contribution in [-0.2, 0) is 4.79 Å². The molecule has 1 N–H and O–H groups in total. The van der Waals surface area contributed by atoms with Gasteiger partial charge in [-0.2, -0.15) is 0 Å².